The summed E-state index contributed by atoms with van der Waals surface area (Å²) in [6.45, 7) is 2.16. The SMILES string of the molecule is CCCCCC1SCC(C(=O)O)N1C(=O)C1CCCC1. The van der Waals surface area contributed by atoms with Crippen molar-refractivity contribution in [3.63, 3.8) is 0 Å². The topological polar surface area (TPSA) is 57.6 Å². The highest BCUT2D eigenvalue weighted by molar-refractivity contribution is 8.00. The number of carboxylic acid groups (broad SMARTS) is 1. The van der Waals surface area contributed by atoms with Crippen LogP contribution < -0.4 is 0 Å². The van der Waals surface area contributed by atoms with Gasteiger partial charge in [-0.2, -0.15) is 0 Å². The third-order valence-electron chi connectivity index (χ3n) is 4.39. The smallest absolute Gasteiger partial charge is 0.327 e. The lowest BCUT2D eigenvalue weighted by Gasteiger charge is -2.29. The van der Waals surface area contributed by atoms with E-state index in [0.717, 1.165) is 51.4 Å². The van der Waals surface area contributed by atoms with Crippen molar-refractivity contribution in [2.75, 3.05) is 5.75 Å². The maximum absolute atomic E-state index is 12.7. The molecule has 1 aliphatic carbocycles. The molecule has 0 bridgehead atoms. The predicted molar refractivity (Wildman–Crippen MR) is 80.6 cm³/mol. The maximum atomic E-state index is 12.7. The van der Waals surface area contributed by atoms with E-state index in [2.05, 4.69) is 6.92 Å². The zero-order chi connectivity index (χ0) is 14.5. The molecule has 4 nitrogen and oxygen atoms in total. The fourth-order valence-corrected chi connectivity index (χ4v) is 4.68. The van der Waals surface area contributed by atoms with E-state index in [1.54, 1.807) is 16.7 Å². The highest BCUT2D eigenvalue weighted by Gasteiger charge is 2.43. The number of rotatable bonds is 6. The molecular formula is C15H25NO3S. The number of carbonyl (C=O) groups excluding carboxylic acids is 1. The van der Waals surface area contributed by atoms with Crippen molar-refractivity contribution in [3.05, 3.63) is 0 Å². The lowest BCUT2D eigenvalue weighted by molar-refractivity contribution is -0.151. The van der Waals surface area contributed by atoms with Crippen LogP contribution in [-0.4, -0.2) is 39.1 Å². The third-order valence-corrected chi connectivity index (χ3v) is 5.75. The molecule has 2 unspecified atom stereocenters. The van der Waals surface area contributed by atoms with Gasteiger partial charge in [0.15, 0.2) is 0 Å². The monoisotopic (exact) mass is 299 g/mol. The van der Waals surface area contributed by atoms with Gasteiger partial charge in [0.2, 0.25) is 5.91 Å². The predicted octanol–water partition coefficient (Wildman–Crippen LogP) is 3.11. The fraction of sp³-hybridized carbons (Fsp3) is 0.867. The van der Waals surface area contributed by atoms with Crippen LogP contribution >= 0.6 is 11.8 Å². The molecule has 5 heteroatoms. The standard InChI is InChI=1S/C15H25NO3S/c1-2-3-4-9-13-16(12(10-20-13)15(18)19)14(17)11-7-5-6-8-11/h11-13H,2-10H2,1H3,(H,18,19). The van der Waals surface area contributed by atoms with Gasteiger partial charge < -0.3 is 10.0 Å². The van der Waals surface area contributed by atoms with E-state index in [1.165, 1.54) is 0 Å². The van der Waals surface area contributed by atoms with E-state index in [-0.39, 0.29) is 17.2 Å². The number of nitrogens with zero attached hydrogens (tertiary/aromatic N) is 1. The van der Waals surface area contributed by atoms with Crippen molar-refractivity contribution in [1.82, 2.24) is 4.90 Å². The summed E-state index contributed by atoms with van der Waals surface area (Å²) in [7, 11) is 0. The van der Waals surface area contributed by atoms with Crippen molar-refractivity contribution in [2.24, 2.45) is 5.92 Å². The van der Waals surface area contributed by atoms with E-state index >= 15 is 0 Å². The van der Waals surface area contributed by atoms with Gasteiger partial charge in [-0.3, -0.25) is 4.79 Å². The van der Waals surface area contributed by atoms with Crippen LogP contribution in [0.2, 0.25) is 0 Å². The van der Waals surface area contributed by atoms with E-state index in [4.69, 9.17) is 0 Å². The minimum Gasteiger partial charge on any atom is -0.480 e. The summed E-state index contributed by atoms with van der Waals surface area (Å²) in [5.41, 5.74) is 0. The number of aliphatic carboxylic acids is 1. The Morgan fingerprint density at radius 1 is 1.25 bits per heavy atom. The maximum Gasteiger partial charge on any atom is 0.327 e. The summed E-state index contributed by atoms with van der Waals surface area (Å²) in [5, 5.41) is 9.44. The van der Waals surface area contributed by atoms with Crippen molar-refractivity contribution < 1.29 is 14.7 Å². The first-order valence-corrected chi connectivity index (χ1v) is 8.86. The van der Waals surface area contributed by atoms with E-state index in [1.807, 2.05) is 0 Å². The van der Waals surface area contributed by atoms with E-state index in [0.29, 0.717) is 5.75 Å². The highest BCUT2D eigenvalue weighted by atomic mass is 32.2. The van der Waals surface area contributed by atoms with Crippen LogP contribution in [0, 0.1) is 5.92 Å². The van der Waals surface area contributed by atoms with E-state index in [9.17, 15) is 14.7 Å². The fourth-order valence-electron chi connectivity index (χ4n) is 3.22. The van der Waals surface area contributed by atoms with Gasteiger partial charge in [0.1, 0.15) is 6.04 Å². The molecule has 20 heavy (non-hydrogen) atoms. The van der Waals surface area contributed by atoms with Gasteiger partial charge in [-0.1, -0.05) is 39.0 Å². The van der Waals surface area contributed by atoms with Gasteiger partial charge in [-0.25, -0.2) is 4.79 Å². The second kappa shape index (κ2) is 7.34. The van der Waals surface area contributed by atoms with Gasteiger partial charge in [0.25, 0.3) is 0 Å². The second-order valence-electron chi connectivity index (χ2n) is 5.86. The summed E-state index contributed by atoms with van der Waals surface area (Å²) >= 11 is 1.65. The van der Waals surface area contributed by atoms with Crippen LogP contribution in [-0.2, 0) is 9.59 Å². The number of carboxylic acids is 1. The molecule has 0 radical (unpaired) electrons. The summed E-state index contributed by atoms with van der Waals surface area (Å²) in [6.07, 6.45) is 8.40. The molecule has 2 atom stereocenters. The van der Waals surface area contributed by atoms with Crippen LogP contribution in [0.1, 0.15) is 58.3 Å². The molecule has 0 spiro atoms. The van der Waals surface area contributed by atoms with Gasteiger partial charge in [-0.05, 0) is 19.3 Å². The summed E-state index contributed by atoms with van der Waals surface area (Å²) < 4.78 is 0. The first-order valence-electron chi connectivity index (χ1n) is 7.81. The van der Waals surface area contributed by atoms with Crippen LogP contribution in [0.15, 0.2) is 0 Å². The molecule has 1 saturated carbocycles. The van der Waals surface area contributed by atoms with Gasteiger partial charge in [0.05, 0.1) is 5.37 Å². The number of hydrogen-bond donors (Lipinski definition) is 1. The molecule has 1 heterocycles. The molecular weight excluding hydrogens is 274 g/mol. The molecule has 1 saturated heterocycles. The van der Waals surface area contributed by atoms with Crippen LogP contribution in [0.5, 0.6) is 0 Å². The molecule has 1 aliphatic heterocycles. The largest absolute Gasteiger partial charge is 0.480 e. The highest BCUT2D eigenvalue weighted by Crippen LogP contribution is 2.36. The lowest BCUT2D eigenvalue weighted by Crippen LogP contribution is -2.47. The number of unbranched alkanes of at least 4 members (excludes halogenated alkanes) is 2. The van der Waals surface area contributed by atoms with Gasteiger partial charge in [0, 0.05) is 11.7 Å². The molecule has 1 N–H and O–H groups in total. The van der Waals surface area contributed by atoms with Crippen molar-refractivity contribution in [2.45, 2.75) is 69.7 Å². The Hall–Kier alpha value is -0.710. The first kappa shape index (κ1) is 15.7. The van der Waals surface area contributed by atoms with Crippen LogP contribution in [0.25, 0.3) is 0 Å². The van der Waals surface area contributed by atoms with E-state index < -0.39 is 12.0 Å². The average Bonchev–Trinajstić information content (AvgIpc) is 3.07. The minimum absolute atomic E-state index is 0.0734. The Kier molecular flexibility index (Phi) is 5.75. The molecule has 2 rings (SSSR count). The Morgan fingerprint density at radius 2 is 1.95 bits per heavy atom. The van der Waals surface area contributed by atoms with Gasteiger partial charge >= 0.3 is 5.97 Å². The van der Waals surface area contributed by atoms with Gasteiger partial charge in [-0.15, -0.1) is 11.8 Å². The van der Waals surface area contributed by atoms with Crippen molar-refractivity contribution >= 4 is 23.6 Å². The Bertz CT molecular complexity index is 355. The summed E-state index contributed by atoms with van der Waals surface area (Å²) in [6, 6.07) is -0.611. The Morgan fingerprint density at radius 3 is 2.55 bits per heavy atom. The van der Waals surface area contributed by atoms with Crippen LogP contribution in [0.3, 0.4) is 0 Å². The summed E-state index contributed by atoms with van der Waals surface area (Å²) in [4.78, 5) is 25.8. The molecule has 2 aliphatic rings. The molecule has 2 fully saturated rings. The van der Waals surface area contributed by atoms with Crippen molar-refractivity contribution in [1.29, 1.82) is 0 Å². The minimum atomic E-state index is -0.846. The number of hydrogen-bond acceptors (Lipinski definition) is 3. The van der Waals surface area contributed by atoms with Crippen LogP contribution in [0.4, 0.5) is 0 Å². The van der Waals surface area contributed by atoms with Crippen molar-refractivity contribution in [3.8, 4) is 0 Å². The lowest BCUT2D eigenvalue weighted by atomic mass is 10.0. The first-order chi connectivity index (χ1) is 9.65. The number of carbonyl (C=O) groups is 2. The number of amides is 1. The number of thioether (sulfide) groups is 1. The molecule has 0 aromatic carbocycles. The normalized spacial score (nSPS) is 27.1. The Labute approximate surface area is 125 Å². The third kappa shape index (κ3) is 3.48. The Balaban J connectivity index is 2.03. The zero-order valence-corrected chi connectivity index (χ0v) is 13.0. The molecule has 0 aromatic heterocycles. The zero-order valence-electron chi connectivity index (χ0n) is 12.2. The molecule has 114 valence electrons. The quantitative estimate of drug-likeness (QED) is 0.766. The molecule has 1 amide bonds. The summed E-state index contributed by atoms with van der Waals surface area (Å²) in [5.74, 6) is -0.127. The average molecular weight is 299 g/mol. The second-order valence-corrected chi connectivity index (χ2v) is 7.08. The molecule has 0 aromatic rings.